The first-order valence-corrected chi connectivity index (χ1v) is 8.28. The standard InChI is InChI=1S/C21H22FNO3/c1-12-11-18(17-7-5-6-8-19(17)22)13(2)9-16(12)10-14(3)20(24)23-15(4)21(25)26/h5-11,15H,1-4H3,(H,23,24)(H,25,26)/b14-10+/t15-/m1/s1. The largest absolute Gasteiger partial charge is 0.480 e. The summed E-state index contributed by atoms with van der Waals surface area (Å²) in [5.74, 6) is -1.81. The summed E-state index contributed by atoms with van der Waals surface area (Å²) in [5.41, 5.74) is 4.36. The van der Waals surface area contributed by atoms with Crippen LogP contribution in [0.25, 0.3) is 17.2 Å². The van der Waals surface area contributed by atoms with Crippen molar-refractivity contribution in [2.24, 2.45) is 0 Å². The molecule has 26 heavy (non-hydrogen) atoms. The zero-order chi connectivity index (χ0) is 19.4. The van der Waals surface area contributed by atoms with Crippen molar-refractivity contribution in [3.8, 4) is 11.1 Å². The maximum atomic E-state index is 14.1. The van der Waals surface area contributed by atoms with Gasteiger partial charge in [0.1, 0.15) is 11.9 Å². The molecule has 2 aromatic rings. The first-order valence-electron chi connectivity index (χ1n) is 8.28. The lowest BCUT2D eigenvalue weighted by Gasteiger charge is -2.13. The maximum Gasteiger partial charge on any atom is 0.325 e. The Morgan fingerprint density at radius 1 is 1.12 bits per heavy atom. The number of carbonyl (C=O) groups is 2. The summed E-state index contributed by atoms with van der Waals surface area (Å²) < 4.78 is 14.1. The summed E-state index contributed by atoms with van der Waals surface area (Å²) in [6.07, 6.45) is 1.71. The Bertz CT molecular complexity index is 887. The summed E-state index contributed by atoms with van der Waals surface area (Å²) in [4.78, 5) is 22.9. The van der Waals surface area contributed by atoms with Gasteiger partial charge in [-0.25, -0.2) is 4.39 Å². The van der Waals surface area contributed by atoms with E-state index in [2.05, 4.69) is 5.32 Å². The molecule has 0 saturated heterocycles. The van der Waals surface area contributed by atoms with E-state index in [0.29, 0.717) is 11.1 Å². The van der Waals surface area contributed by atoms with Crippen LogP contribution in [0.3, 0.4) is 0 Å². The van der Waals surface area contributed by atoms with Crippen molar-refractivity contribution in [1.82, 2.24) is 5.32 Å². The number of carbonyl (C=O) groups excluding carboxylic acids is 1. The van der Waals surface area contributed by atoms with Gasteiger partial charge < -0.3 is 10.4 Å². The van der Waals surface area contributed by atoms with E-state index in [-0.39, 0.29) is 5.82 Å². The molecule has 0 aromatic heterocycles. The van der Waals surface area contributed by atoms with Crippen LogP contribution in [0.1, 0.15) is 30.5 Å². The molecule has 2 aromatic carbocycles. The second-order valence-electron chi connectivity index (χ2n) is 6.36. The number of carboxylic acids is 1. The molecule has 0 unspecified atom stereocenters. The highest BCUT2D eigenvalue weighted by Crippen LogP contribution is 2.29. The van der Waals surface area contributed by atoms with Gasteiger partial charge in [-0.15, -0.1) is 0 Å². The molecule has 0 spiro atoms. The van der Waals surface area contributed by atoms with Crippen molar-refractivity contribution in [3.63, 3.8) is 0 Å². The quantitative estimate of drug-likeness (QED) is 0.794. The molecule has 0 heterocycles. The predicted molar refractivity (Wildman–Crippen MR) is 100 cm³/mol. The fourth-order valence-electron chi connectivity index (χ4n) is 2.63. The lowest BCUT2D eigenvalue weighted by molar-refractivity contribution is -0.140. The first kappa shape index (κ1) is 19.4. The number of nitrogens with one attached hydrogen (secondary N) is 1. The van der Waals surface area contributed by atoms with Gasteiger partial charge in [0.05, 0.1) is 0 Å². The zero-order valence-corrected chi connectivity index (χ0v) is 15.3. The van der Waals surface area contributed by atoms with Crippen LogP contribution in [-0.2, 0) is 9.59 Å². The van der Waals surface area contributed by atoms with Gasteiger partial charge in [-0.2, -0.15) is 0 Å². The minimum Gasteiger partial charge on any atom is -0.480 e. The molecule has 1 amide bonds. The molecule has 2 N–H and O–H groups in total. The summed E-state index contributed by atoms with van der Waals surface area (Å²) in [5, 5.41) is 11.3. The van der Waals surface area contributed by atoms with Crippen molar-refractivity contribution in [2.75, 3.05) is 0 Å². The van der Waals surface area contributed by atoms with Crippen LogP contribution in [0.2, 0.25) is 0 Å². The number of amides is 1. The highest BCUT2D eigenvalue weighted by Gasteiger charge is 2.15. The lowest BCUT2D eigenvalue weighted by atomic mass is 9.94. The Morgan fingerprint density at radius 2 is 1.77 bits per heavy atom. The molecule has 136 valence electrons. The molecule has 5 heteroatoms. The third-order valence-electron chi connectivity index (χ3n) is 4.23. The van der Waals surface area contributed by atoms with E-state index in [1.165, 1.54) is 13.0 Å². The van der Waals surface area contributed by atoms with E-state index in [0.717, 1.165) is 22.3 Å². The van der Waals surface area contributed by atoms with Crippen molar-refractivity contribution < 1.29 is 19.1 Å². The summed E-state index contributed by atoms with van der Waals surface area (Å²) in [6.45, 7) is 6.82. The molecule has 0 aliphatic carbocycles. The molecular weight excluding hydrogens is 333 g/mol. The average Bonchev–Trinajstić information content (AvgIpc) is 2.58. The minimum atomic E-state index is -1.09. The molecule has 0 bridgehead atoms. The average molecular weight is 355 g/mol. The number of aliphatic carboxylic acids is 1. The van der Waals surface area contributed by atoms with Crippen LogP contribution in [0.15, 0.2) is 42.0 Å². The number of benzene rings is 2. The lowest BCUT2D eigenvalue weighted by Crippen LogP contribution is -2.38. The van der Waals surface area contributed by atoms with Gasteiger partial charge in [0.15, 0.2) is 0 Å². The topological polar surface area (TPSA) is 66.4 Å². The molecule has 0 fully saturated rings. The Hall–Kier alpha value is -2.95. The van der Waals surface area contributed by atoms with Gasteiger partial charge >= 0.3 is 5.97 Å². The van der Waals surface area contributed by atoms with Gasteiger partial charge in [-0.1, -0.05) is 30.3 Å². The van der Waals surface area contributed by atoms with Gasteiger partial charge in [-0.05, 0) is 62.1 Å². The van der Waals surface area contributed by atoms with Gasteiger partial charge in [0.2, 0.25) is 5.91 Å². The first-order chi connectivity index (χ1) is 12.2. The maximum absolute atomic E-state index is 14.1. The Morgan fingerprint density at radius 3 is 2.38 bits per heavy atom. The van der Waals surface area contributed by atoms with Crippen LogP contribution in [0, 0.1) is 19.7 Å². The van der Waals surface area contributed by atoms with E-state index in [1.54, 1.807) is 31.2 Å². The normalized spacial score (nSPS) is 12.6. The fraction of sp³-hybridized carbons (Fsp3) is 0.238. The number of hydrogen-bond donors (Lipinski definition) is 2. The number of carboxylic acid groups (broad SMARTS) is 1. The van der Waals surface area contributed by atoms with Gasteiger partial charge in [-0.3, -0.25) is 9.59 Å². The van der Waals surface area contributed by atoms with Crippen LogP contribution >= 0.6 is 0 Å². The molecule has 1 atom stereocenters. The third kappa shape index (κ3) is 4.36. The van der Waals surface area contributed by atoms with E-state index in [4.69, 9.17) is 5.11 Å². The molecule has 0 radical (unpaired) electrons. The molecule has 0 saturated carbocycles. The highest BCUT2D eigenvalue weighted by atomic mass is 19.1. The Kier molecular flexibility index (Phi) is 5.93. The van der Waals surface area contributed by atoms with E-state index < -0.39 is 17.9 Å². The van der Waals surface area contributed by atoms with E-state index in [1.807, 2.05) is 26.0 Å². The number of hydrogen-bond acceptors (Lipinski definition) is 2. The molecule has 0 aliphatic heterocycles. The summed E-state index contributed by atoms with van der Waals surface area (Å²) in [6, 6.07) is 9.43. The summed E-state index contributed by atoms with van der Waals surface area (Å²) in [7, 11) is 0. The molecule has 4 nitrogen and oxygen atoms in total. The number of aryl methyl sites for hydroxylation is 2. The third-order valence-corrected chi connectivity index (χ3v) is 4.23. The Labute approximate surface area is 152 Å². The molecule has 0 aliphatic rings. The summed E-state index contributed by atoms with van der Waals surface area (Å²) >= 11 is 0. The molecular formula is C21H22FNO3. The second-order valence-corrected chi connectivity index (χ2v) is 6.36. The van der Waals surface area contributed by atoms with Crippen molar-refractivity contribution >= 4 is 18.0 Å². The predicted octanol–water partition coefficient (Wildman–Crippen LogP) is 4.10. The number of rotatable bonds is 5. The monoisotopic (exact) mass is 355 g/mol. The van der Waals surface area contributed by atoms with E-state index >= 15 is 0 Å². The zero-order valence-electron chi connectivity index (χ0n) is 15.3. The fourth-order valence-corrected chi connectivity index (χ4v) is 2.63. The van der Waals surface area contributed by atoms with Crippen LogP contribution in [0.5, 0.6) is 0 Å². The smallest absolute Gasteiger partial charge is 0.325 e. The van der Waals surface area contributed by atoms with Crippen molar-refractivity contribution in [2.45, 2.75) is 33.7 Å². The second kappa shape index (κ2) is 7.95. The van der Waals surface area contributed by atoms with Crippen LogP contribution in [-0.4, -0.2) is 23.0 Å². The SMILES string of the molecule is C/C(=C\c1cc(C)c(-c2ccccc2F)cc1C)C(=O)N[C@H](C)C(=O)O. The van der Waals surface area contributed by atoms with Gasteiger partial charge in [0, 0.05) is 11.1 Å². The van der Waals surface area contributed by atoms with Crippen molar-refractivity contribution in [3.05, 3.63) is 64.5 Å². The van der Waals surface area contributed by atoms with E-state index in [9.17, 15) is 14.0 Å². The Balaban J connectivity index is 2.34. The van der Waals surface area contributed by atoms with Crippen molar-refractivity contribution in [1.29, 1.82) is 0 Å². The van der Waals surface area contributed by atoms with Crippen LogP contribution < -0.4 is 5.32 Å². The van der Waals surface area contributed by atoms with Gasteiger partial charge in [0.25, 0.3) is 0 Å². The minimum absolute atomic E-state index is 0.281. The van der Waals surface area contributed by atoms with Crippen LogP contribution in [0.4, 0.5) is 4.39 Å². The number of halogens is 1. The molecule has 2 rings (SSSR count). The highest BCUT2D eigenvalue weighted by molar-refractivity contribution is 5.99.